The molecule has 0 aliphatic heterocycles. The standard InChI is InChI=1S/C18H12N4O6S2/c23-15(25-9-13-19-17(21-27-13)11-3-1-7-29-11)5-6-16(24)26-10-14-20-18(22-28-14)12-4-2-8-30-12/h1-8H,9-10H2/b6-5+. The highest BCUT2D eigenvalue weighted by molar-refractivity contribution is 7.13. The maximum Gasteiger partial charge on any atom is 0.331 e. The van der Waals surface area contributed by atoms with Gasteiger partial charge in [0, 0.05) is 12.2 Å². The van der Waals surface area contributed by atoms with Gasteiger partial charge in [-0.1, -0.05) is 22.4 Å². The Labute approximate surface area is 176 Å². The van der Waals surface area contributed by atoms with Crippen molar-refractivity contribution in [2.75, 3.05) is 0 Å². The summed E-state index contributed by atoms with van der Waals surface area (Å²) in [5.74, 6) is -0.417. The number of hydrogen-bond acceptors (Lipinski definition) is 12. The molecule has 4 aromatic heterocycles. The molecule has 0 aliphatic carbocycles. The van der Waals surface area contributed by atoms with Crippen molar-refractivity contribution < 1.29 is 28.1 Å². The van der Waals surface area contributed by atoms with E-state index in [4.69, 9.17) is 18.5 Å². The maximum absolute atomic E-state index is 11.7. The summed E-state index contributed by atoms with van der Waals surface area (Å²) in [7, 11) is 0. The normalized spacial score (nSPS) is 11.1. The van der Waals surface area contributed by atoms with Gasteiger partial charge in [-0.05, 0) is 22.9 Å². The van der Waals surface area contributed by atoms with Crippen molar-refractivity contribution in [2.45, 2.75) is 13.2 Å². The molecule has 0 saturated carbocycles. The molecule has 10 nitrogen and oxygen atoms in total. The predicted molar refractivity (Wildman–Crippen MR) is 104 cm³/mol. The van der Waals surface area contributed by atoms with Gasteiger partial charge in [0.05, 0.1) is 9.75 Å². The fourth-order valence-electron chi connectivity index (χ4n) is 2.14. The van der Waals surface area contributed by atoms with Gasteiger partial charge < -0.3 is 18.5 Å². The molecule has 12 heteroatoms. The van der Waals surface area contributed by atoms with E-state index < -0.39 is 11.9 Å². The van der Waals surface area contributed by atoms with Gasteiger partial charge in [-0.25, -0.2) is 9.59 Å². The van der Waals surface area contributed by atoms with Crippen LogP contribution in [0.5, 0.6) is 0 Å². The Kier molecular flexibility index (Phi) is 6.06. The zero-order chi connectivity index (χ0) is 20.8. The molecule has 152 valence electrons. The van der Waals surface area contributed by atoms with Crippen LogP contribution in [0.4, 0.5) is 0 Å². The Hall–Kier alpha value is -3.64. The van der Waals surface area contributed by atoms with E-state index in [-0.39, 0.29) is 25.0 Å². The lowest BCUT2D eigenvalue weighted by atomic mass is 10.4. The molecule has 0 fully saturated rings. The molecule has 0 aromatic carbocycles. The summed E-state index contributed by atoms with van der Waals surface area (Å²) in [4.78, 5) is 33.4. The largest absolute Gasteiger partial charge is 0.452 e. The Morgan fingerprint density at radius 2 is 1.30 bits per heavy atom. The van der Waals surface area contributed by atoms with Gasteiger partial charge in [0.15, 0.2) is 13.2 Å². The van der Waals surface area contributed by atoms with E-state index in [1.807, 2.05) is 35.0 Å². The van der Waals surface area contributed by atoms with Crippen molar-refractivity contribution in [3.63, 3.8) is 0 Å². The van der Waals surface area contributed by atoms with E-state index in [0.717, 1.165) is 21.9 Å². The highest BCUT2D eigenvalue weighted by Gasteiger charge is 2.12. The molecule has 0 amide bonds. The van der Waals surface area contributed by atoms with Crippen molar-refractivity contribution in [2.24, 2.45) is 0 Å². The second kappa shape index (κ2) is 9.24. The van der Waals surface area contributed by atoms with E-state index in [2.05, 4.69) is 20.3 Å². The highest BCUT2D eigenvalue weighted by Crippen LogP contribution is 2.22. The Bertz CT molecular complexity index is 1060. The van der Waals surface area contributed by atoms with E-state index in [1.54, 1.807) is 0 Å². The zero-order valence-electron chi connectivity index (χ0n) is 15.1. The number of rotatable bonds is 8. The van der Waals surface area contributed by atoms with Crippen molar-refractivity contribution in [3.8, 4) is 21.4 Å². The minimum Gasteiger partial charge on any atom is -0.452 e. The molecule has 4 rings (SSSR count). The van der Waals surface area contributed by atoms with Crippen LogP contribution in [0.1, 0.15) is 11.8 Å². The van der Waals surface area contributed by atoms with Gasteiger partial charge in [-0.2, -0.15) is 9.97 Å². The van der Waals surface area contributed by atoms with Gasteiger partial charge in [0.25, 0.3) is 11.8 Å². The Balaban J connectivity index is 1.21. The van der Waals surface area contributed by atoms with Crippen LogP contribution in [0.3, 0.4) is 0 Å². The third-order valence-corrected chi connectivity index (χ3v) is 5.18. The molecule has 0 saturated heterocycles. The second-order valence-corrected chi connectivity index (χ2v) is 7.42. The van der Waals surface area contributed by atoms with Gasteiger partial charge in [0.1, 0.15) is 0 Å². The number of esters is 2. The summed E-state index contributed by atoms with van der Waals surface area (Å²) in [6, 6.07) is 7.41. The summed E-state index contributed by atoms with van der Waals surface area (Å²) in [6.45, 7) is -0.436. The average molecular weight is 444 g/mol. The minimum atomic E-state index is -0.763. The van der Waals surface area contributed by atoms with Crippen molar-refractivity contribution >= 4 is 34.6 Å². The molecular weight excluding hydrogens is 432 g/mol. The summed E-state index contributed by atoms with van der Waals surface area (Å²) < 4.78 is 19.9. The first kappa shape index (κ1) is 19.7. The molecule has 30 heavy (non-hydrogen) atoms. The van der Waals surface area contributed by atoms with Crippen LogP contribution < -0.4 is 0 Å². The fraction of sp³-hybridized carbons (Fsp3) is 0.111. The topological polar surface area (TPSA) is 130 Å². The number of carbonyl (C=O) groups excluding carboxylic acids is 2. The second-order valence-electron chi connectivity index (χ2n) is 5.53. The molecule has 4 heterocycles. The maximum atomic E-state index is 11.7. The van der Waals surface area contributed by atoms with Gasteiger partial charge in [-0.3, -0.25) is 0 Å². The van der Waals surface area contributed by atoms with E-state index in [0.29, 0.717) is 11.6 Å². The molecular formula is C18H12N4O6S2. The van der Waals surface area contributed by atoms with E-state index >= 15 is 0 Å². The smallest absolute Gasteiger partial charge is 0.331 e. The van der Waals surface area contributed by atoms with Crippen LogP contribution in [0, 0.1) is 0 Å². The van der Waals surface area contributed by atoms with Gasteiger partial charge in [-0.15, -0.1) is 22.7 Å². The number of ether oxygens (including phenoxy) is 2. The van der Waals surface area contributed by atoms with Crippen LogP contribution in [0.2, 0.25) is 0 Å². The summed E-state index contributed by atoms with van der Waals surface area (Å²) in [5, 5.41) is 11.4. The molecule has 0 spiro atoms. The third-order valence-electron chi connectivity index (χ3n) is 3.45. The molecule has 0 atom stereocenters. The quantitative estimate of drug-likeness (QED) is 0.295. The Morgan fingerprint density at radius 3 is 1.70 bits per heavy atom. The predicted octanol–water partition coefficient (Wildman–Crippen LogP) is 3.25. The minimum absolute atomic E-state index is 0.140. The lowest BCUT2D eigenvalue weighted by Crippen LogP contribution is -2.05. The number of carbonyl (C=O) groups is 2. The van der Waals surface area contributed by atoms with Crippen molar-refractivity contribution in [1.82, 2.24) is 20.3 Å². The summed E-state index contributed by atoms with van der Waals surface area (Å²) in [5.41, 5.74) is 0. The number of aromatic nitrogens is 4. The first-order valence-electron chi connectivity index (χ1n) is 8.42. The number of hydrogen-bond donors (Lipinski definition) is 0. The Morgan fingerprint density at radius 1 is 0.833 bits per heavy atom. The van der Waals surface area contributed by atoms with Gasteiger partial charge >= 0.3 is 11.9 Å². The van der Waals surface area contributed by atoms with Gasteiger partial charge in [0.2, 0.25) is 11.6 Å². The van der Waals surface area contributed by atoms with Crippen LogP contribution in [-0.2, 0) is 32.3 Å². The first-order chi connectivity index (χ1) is 14.7. The molecule has 0 unspecified atom stereocenters. The van der Waals surface area contributed by atoms with Crippen molar-refractivity contribution in [3.05, 3.63) is 59.0 Å². The molecule has 0 bridgehead atoms. The average Bonchev–Trinajstić information content (AvgIpc) is 3.56. The molecule has 0 aliphatic rings. The van der Waals surface area contributed by atoms with Crippen LogP contribution in [0.15, 0.2) is 56.2 Å². The van der Waals surface area contributed by atoms with Crippen LogP contribution in [-0.4, -0.2) is 32.2 Å². The van der Waals surface area contributed by atoms with E-state index in [9.17, 15) is 9.59 Å². The highest BCUT2D eigenvalue weighted by atomic mass is 32.1. The number of nitrogens with zero attached hydrogens (tertiary/aromatic N) is 4. The van der Waals surface area contributed by atoms with Crippen molar-refractivity contribution in [1.29, 1.82) is 0 Å². The first-order valence-corrected chi connectivity index (χ1v) is 10.2. The van der Waals surface area contributed by atoms with Crippen LogP contribution >= 0.6 is 22.7 Å². The lowest BCUT2D eigenvalue weighted by molar-refractivity contribution is -0.142. The monoisotopic (exact) mass is 444 g/mol. The third kappa shape index (κ3) is 5.04. The van der Waals surface area contributed by atoms with E-state index in [1.165, 1.54) is 22.7 Å². The van der Waals surface area contributed by atoms with Crippen LogP contribution in [0.25, 0.3) is 21.4 Å². The summed E-state index contributed by atoms with van der Waals surface area (Å²) in [6.07, 6.45) is 1.87. The SMILES string of the molecule is O=C(/C=C/C(=O)OCc1nc(-c2cccs2)no1)OCc1nc(-c2cccs2)no1. The lowest BCUT2D eigenvalue weighted by Gasteiger charge is -1.98. The molecule has 0 N–H and O–H groups in total. The summed E-state index contributed by atoms with van der Waals surface area (Å²) >= 11 is 2.92. The number of thiophene rings is 2. The fourth-order valence-corrected chi connectivity index (χ4v) is 3.44. The molecule has 0 radical (unpaired) electrons. The zero-order valence-corrected chi connectivity index (χ0v) is 16.7. The molecule has 4 aromatic rings.